The Balaban J connectivity index is 1.62. The van der Waals surface area contributed by atoms with Crippen molar-refractivity contribution >= 4 is 0 Å². The topological polar surface area (TPSA) is 40.5 Å². The quantitative estimate of drug-likeness (QED) is 0.723. The van der Waals surface area contributed by atoms with E-state index < -0.39 is 5.60 Å². The summed E-state index contributed by atoms with van der Waals surface area (Å²) in [5.74, 6) is 6.61. The maximum Gasteiger partial charge on any atom is 0.131 e. The first kappa shape index (κ1) is 16.0. The minimum atomic E-state index is -0.864. The van der Waals surface area contributed by atoms with Crippen molar-refractivity contribution < 1.29 is 10.2 Å². The minimum Gasteiger partial charge on any atom is -0.393 e. The monoisotopic (exact) mass is 316 g/mol. The number of hydrogen-bond acceptors (Lipinski definition) is 2. The fourth-order valence-corrected chi connectivity index (χ4v) is 7.61. The molecule has 0 amide bonds. The summed E-state index contributed by atoms with van der Waals surface area (Å²) in [5.41, 5.74) is -0.888. The van der Waals surface area contributed by atoms with E-state index in [1.165, 1.54) is 25.7 Å². The Morgan fingerprint density at radius 1 is 1.00 bits per heavy atom. The second-order valence-electron chi connectivity index (χ2n) is 8.99. The van der Waals surface area contributed by atoms with E-state index in [0.29, 0.717) is 5.92 Å². The van der Waals surface area contributed by atoms with Gasteiger partial charge in [-0.1, -0.05) is 12.8 Å². The van der Waals surface area contributed by atoms with Crippen LogP contribution in [0.3, 0.4) is 0 Å². The smallest absolute Gasteiger partial charge is 0.131 e. The average molecular weight is 316 g/mol. The SMILES string of the molecule is C#C[C@]1(O)CC[C@@H]2[C@@H]3CC[C@H]4C[C@@H](O)CC[C@@H]4[C@H]3CC[C@@]21CC. The molecule has 0 aromatic rings. The normalized spacial score (nSPS) is 55.4. The van der Waals surface area contributed by atoms with Gasteiger partial charge in [-0.3, -0.25) is 0 Å². The van der Waals surface area contributed by atoms with Crippen molar-refractivity contribution in [2.24, 2.45) is 35.0 Å². The molecule has 4 aliphatic carbocycles. The number of fused-ring (bicyclic) bond motifs is 5. The fraction of sp³-hybridized carbons (Fsp3) is 0.905. The van der Waals surface area contributed by atoms with Crippen molar-refractivity contribution in [3.05, 3.63) is 0 Å². The third-order valence-electron chi connectivity index (χ3n) is 8.65. The predicted molar refractivity (Wildman–Crippen MR) is 91.5 cm³/mol. The molecular weight excluding hydrogens is 284 g/mol. The Morgan fingerprint density at radius 3 is 2.52 bits per heavy atom. The highest BCUT2D eigenvalue weighted by molar-refractivity contribution is 5.24. The molecule has 2 heteroatoms. The molecule has 4 aliphatic rings. The van der Waals surface area contributed by atoms with E-state index in [1.807, 2.05) is 0 Å². The Bertz CT molecular complexity index is 508. The van der Waals surface area contributed by atoms with Gasteiger partial charge in [0.05, 0.1) is 6.10 Å². The summed E-state index contributed by atoms with van der Waals surface area (Å²) in [7, 11) is 0. The summed E-state index contributed by atoms with van der Waals surface area (Å²) in [6, 6.07) is 0. The van der Waals surface area contributed by atoms with Gasteiger partial charge in [0.25, 0.3) is 0 Å². The van der Waals surface area contributed by atoms with E-state index in [1.54, 1.807) is 0 Å². The van der Waals surface area contributed by atoms with E-state index in [0.717, 1.165) is 62.2 Å². The Morgan fingerprint density at radius 2 is 1.78 bits per heavy atom. The number of terminal acetylenes is 1. The molecule has 23 heavy (non-hydrogen) atoms. The van der Waals surface area contributed by atoms with E-state index >= 15 is 0 Å². The van der Waals surface area contributed by atoms with E-state index in [-0.39, 0.29) is 11.5 Å². The third-order valence-corrected chi connectivity index (χ3v) is 8.65. The van der Waals surface area contributed by atoms with Crippen molar-refractivity contribution in [1.82, 2.24) is 0 Å². The van der Waals surface area contributed by atoms with Gasteiger partial charge in [-0.2, -0.15) is 0 Å². The molecule has 0 bridgehead atoms. The number of hydrogen-bond donors (Lipinski definition) is 2. The van der Waals surface area contributed by atoms with Crippen LogP contribution in [0.5, 0.6) is 0 Å². The lowest BCUT2D eigenvalue weighted by atomic mass is 9.48. The molecular formula is C21H32O2. The van der Waals surface area contributed by atoms with Gasteiger partial charge in [0.15, 0.2) is 0 Å². The largest absolute Gasteiger partial charge is 0.393 e. The Labute approximate surface area is 141 Å². The summed E-state index contributed by atoms with van der Waals surface area (Å²) >= 11 is 0. The molecule has 2 N–H and O–H groups in total. The maximum absolute atomic E-state index is 11.1. The van der Waals surface area contributed by atoms with Crippen LogP contribution < -0.4 is 0 Å². The highest BCUT2D eigenvalue weighted by Crippen LogP contribution is 2.66. The van der Waals surface area contributed by atoms with Crippen LogP contribution >= 0.6 is 0 Å². The van der Waals surface area contributed by atoms with Crippen LogP contribution in [0.15, 0.2) is 0 Å². The molecule has 0 saturated heterocycles. The number of rotatable bonds is 1. The van der Waals surface area contributed by atoms with Gasteiger partial charge >= 0.3 is 0 Å². The third kappa shape index (κ3) is 2.09. The predicted octanol–water partition coefficient (Wildman–Crippen LogP) is 3.75. The highest BCUT2D eigenvalue weighted by atomic mass is 16.3. The van der Waals surface area contributed by atoms with Crippen molar-refractivity contribution in [3.8, 4) is 12.3 Å². The molecule has 4 rings (SSSR count). The zero-order valence-corrected chi connectivity index (χ0v) is 14.5. The van der Waals surface area contributed by atoms with Crippen molar-refractivity contribution in [2.45, 2.75) is 82.8 Å². The van der Waals surface area contributed by atoms with Crippen molar-refractivity contribution in [2.75, 3.05) is 0 Å². The van der Waals surface area contributed by atoms with Crippen molar-refractivity contribution in [1.29, 1.82) is 0 Å². The van der Waals surface area contributed by atoms with Gasteiger partial charge < -0.3 is 10.2 Å². The first-order chi connectivity index (χ1) is 11.0. The first-order valence-corrected chi connectivity index (χ1v) is 9.93. The lowest BCUT2D eigenvalue weighted by molar-refractivity contribution is -0.121. The van der Waals surface area contributed by atoms with Gasteiger partial charge in [0, 0.05) is 5.41 Å². The molecule has 128 valence electrons. The van der Waals surface area contributed by atoms with Crippen LogP contribution in [0.4, 0.5) is 0 Å². The van der Waals surface area contributed by atoms with Gasteiger partial charge in [-0.15, -0.1) is 6.42 Å². The van der Waals surface area contributed by atoms with Gasteiger partial charge in [-0.25, -0.2) is 0 Å². The lowest BCUT2D eigenvalue weighted by Crippen LogP contribution is -2.54. The lowest BCUT2D eigenvalue weighted by Gasteiger charge is -2.57. The minimum absolute atomic E-state index is 0.0239. The van der Waals surface area contributed by atoms with Crippen LogP contribution in [-0.4, -0.2) is 21.9 Å². The molecule has 8 atom stereocenters. The van der Waals surface area contributed by atoms with E-state index in [4.69, 9.17) is 6.42 Å². The Hall–Kier alpha value is -0.520. The molecule has 0 spiro atoms. The van der Waals surface area contributed by atoms with Crippen LogP contribution in [0.2, 0.25) is 0 Å². The first-order valence-electron chi connectivity index (χ1n) is 9.93. The number of aliphatic hydroxyl groups is 2. The van der Waals surface area contributed by atoms with E-state index in [2.05, 4.69) is 12.8 Å². The van der Waals surface area contributed by atoms with Crippen LogP contribution in [-0.2, 0) is 0 Å². The van der Waals surface area contributed by atoms with E-state index in [9.17, 15) is 10.2 Å². The molecule has 0 radical (unpaired) electrons. The van der Waals surface area contributed by atoms with Gasteiger partial charge in [0.1, 0.15) is 5.60 Å². The van der Waals surface area contributed by atoms with Crippen molar-refractivity contribution in [3.63, 3.8) is 0 Å². The fourth-order valence-electron chi connectivity index (χ4n) is 7.61. The molecule has 0 heterocycles. The Kier molecular flexibility index (Phi) is 3.82. The summed E-state index contributed by atoms with van der Waals surface area (Å²) in [6.07, 6.45) is 16.9. The summed E-state index contributed by atoms with van der Waals surface area (Å²) in [5, 5.41) is 21.2. The molecule has 2 nitrogen and oxygen atoms in total. The van der Waals surface area contributed by atoms with Crippen LogP contribution in [0, 0.1) is 47.3 Å². The summed E-state index contributed by atoms with van der Waals surface area (Å²) in [4.78, 5) is 0. The standard InChI is InChI=1S/C21H32O2/c1-3-20-11-9-17-16-8-6-15(22)13-14(16)5-7-18(17)19(20)10-12-21(20,23)4-2/h2,14-19,22-23H,3,5-13H2,1H3/t14-,15-,16-,17+,18+,19+,20-,21-/m0/s1. The molecule has 4 saturated carbocycles. The van der Waals surface area contributed by atoms with Gasteiger partial charge in [-0.05, 0) is 93.8 Å². The zero-order chi connectivity index (χ0) is 16.2. The molecule has 4 fully saturated rings. The molecule has 0 aromatic carbocycles. The summed E-state index contributed by atoms with van der Waals surface area (Å²) < 4.78 is 0. The average Bonchev–Trinajstić information content (AvgIpc) is 2.88. The number of aliphatic hydroxyl groups excluding tert-OH is 1. The molecule has 0 aliphatic heterocycles. The summed E-state index contributed by atoms with van der Waals surface area (Å²) in [6.45, 7) is 2.24. The van der Waals surface area contributed by atoms with Crippen LogP contribution in [0.25, 0.3) is 0 Å². The molecule has 0 unspecified atom stereocenters. The second-order valence-corrected chi connectivity index (χ2v) is 8.99. The van der Waals surface area contributed by atoms with Crippen LogP contribution in [0.1, 0.15) is 71.1 Å². The molecule has 0 aromatic heterocycles. The zero-order valence-electron chi connectivity index (χ0n) is 14.5. The second kappa shape index (κ2) is 5.50. The highest BCUT2D eigenvalue weighted by Gasteiger charge is 2.63. The maximum atomic E-state index is 11.1. The van der Waals surface area contributed by atoms with Gasteiger partial charge in [0.2, 0.25) is 0 Å².